The van der Waals surface area contributed by atoms with Gasteiger partial charge < -0.3 is 20.1 Å². The Hall–Kier alpha value is -1.44. The maximum absolute atomic E-state index is 12.2. The summed E-state index contributed by atoms with van der Waals surface area (Å²) in [5.74, 6) is 0.283. The van der Waals surface area contributed by atoms with Crippen LogP contribution in [-0.2, 0) is 6.54 Å². The van der Waals surface area contributed by atoms with Gasteiger partial charge in [-0.15, -0.1) is 0 Å². The van der Waals surface area contributed by atoms with Crippen LogP contribution in [0.2, 0.25) is 0 Å². The lowest BCUT2D eigenvalue weighted by Crippen LogP contribution is -2.46. The zero-order valence-electron chi connectivity index (χ0n) is 14.1. The van der Waals surface area contributed by atoms with Crippen LogP contribution >= 0.6 is 0 Å². The smallest absolute Gasteiger partial charge is 0.273 e. The van der Waals surface area contributed by atoms with E-state index in [4.69, 9.17) is 4.52 Å². The molecule has 1 atom stereocenters. The van der Waals surface area contributed by atoms with E-state index in [2.05, 4.69) is 15.4 Å². The molecule has 0 aliphatic carbocycles. The van der Waals surface area contributed by atoms with E-state index in [9.17, 15) is 15.0 Å². The number of aliphatic hydroxyl groups excluding tert-OH is 2. The monoisotopic (exact) mass is 325 g/mol. The second-order valence-electron chi connectivity index (χ2n) is 7.26. The highest BCUT2D eigenvalue weighted by Crippen LogP contribution is 2.19. The first kappa shape index (κ1) is 17.9. The highest BCUT2D eigenvalue weighted by Gasteiger charge is 2.27. The van der Waals surface area contributed by atoms with E-state index in [0.29, 0.717) is 12.3 Å². The van der Waals surface area contributed by atoms with E-state index in [0.717, 1.165) is 25.9 Å². The van der Waals surface area contributed by atoms with Crippen molar-refractivity contribution in [2.45, 2.75) is 52.3 Å². The molecule has 0 bridgehead atoms. The number of nitrogens with one attached hydrogen (secondary N) is 1. The summed E-state index contributed by atoms with van der Waals surface area (Å²) in [6.45, 7) is 7.92. The number of carbonyl (C=O) groups excluding carboxylic acids is 1. The van der Waals surface area contributed by atoms with E-state index in [1.54, 1.807) is 6.07 Å². The van der Waals surface area contributed by atoms with Gasteiger partial charge >= 0.3 is 0 Å². The summed E-state index contributed by atoms with van der Waals surface area (Å²) in [5, 5.41) is 25.5. The summed E-state index contributed by atoms with van der Waals surface area (Å²) in [7, 11) is 0. The van der Waals surface area contributed by atoms with Crippen molar-refractivity contribution in [2.24, 2.45) is 5.41 Å². The molecule has 130 valence electrons. The van der Waals surface area contributed by atoms with E-state index in [1.165, 1.54) is 0 Å². The topological polar surface area (TPSA) is 98.8 Å². The van der Waals surface area contributed by atoms with Gasteiger partial charge in [0.2, 0.25) is 0 Å². The number of nitrogens with zero attached hydrogens (tertiary/aromatic N) is 2. The molecule has 0 saturated carbocycles. The van der Waals surface area contributed by atoms with Crippen LogP contribution in [0.4, 0.5) is 0 Å². The van der Waals surface area contributed by atoms with Gasteiger partial charge in [-0.25, -0.2) is 0 Å². The lowest BCUT2D eigenvalue weighted by molar-refractivity contribution is 0.0747. The Balaban J connectivity index is 1.92. The third kappa shape index (κ3) is 5.02. The first-order valence-electron chi connectivity index (χ1n) is 8.07. The number of aliphatic hydroxyl groups is 2. The predicted molar refractivity (Wildman–Crippen MR) is 84.8 cm³/mol. The zero-order chi connectivity index (χ0) is 17.0. The molecule has 1 fully saturated rings. The SMILES string of the molecule is CC(C)(C)[C@@H](CO)NC(=O)c1cc(CN2CCC(O)CC2)on1. The number of hydrogen-bond donors (Lipinski definition) is 3. The van der Waals surface area contributed by atoms with E-state index in [1.807, 2.05) is 20.8 Å². The van der Waals surface area contributed by atoms with Gasteiger partial charge in [0.05, 0.1) is 25.3 Å². The Morgan fingerprint density at radius 1 is 1.48 bits per heavy atom. The van der Waals surface area contributed by atoms with Gasteiger partial charge in [0.1, 0.15) is 0 Å². The fourth-order valence-corrected chi connectivity index (χ4v) is 2.56. The summed E-state index contributed by atoms with van der Waals surface area (Å²) in [6, 6.07) is 1.29. The average Bonchev–Trinajstić information content (AvgIpc) is 2.94. The molecule has 7 heteroatoms. The van der Waals surface area contributed by atoms with Gasteiger partial charge in [0.25, 0.3) is 5.91 Å². The maximum Gasteiger partial charge on any atom is 0.273 e. The van der Waals surface area contributed by atoms with Crippen LogP contribution in [-0.4, -0.2) is 58.0 Å². The Kier molecular flexibility index (Phi) is 5.78. The zero-order valence-corrected chi connectivity index (χ0v) is 14.1. The van der Waals surface area contributed by atoms with Crippen molar-refractivity contribution in [3.05, 3.63) is 17.5 Å². The Morgan fingerprint density at radius 2 is 2.13 bits per heavy atom. The van der Waals surface area contributed by atoms with E-state index >= 15 is 0 Å². The molecule has 3 N–H and O–H groups in total. The van der Waals surface area contributed by atoms with Crippen molar-refractivity contribution in [1.29, 1.82) is 0 Å². The first-order chi connectivity index (χ1) is 10.8. The third-order valence-corrected chi connectivity index (χ3v) is 4.26. The molecule has 0 spiro atoms. The van der Waals surface area contributed by atoms with Crippen molar-refractivity contribution < 1.29 is 19.5 Å². The van der Waals surface area contributed by atoms with Crippen LogP contribution in [0.1, 0.15) is 49.9 Å². The normalized spacial score (nSPS) is 18.8. The number of likely N-dealkylation sites (tertiary alicyclic amines) is 1. The second-order valence-corrected chi connectivity index (χ2v) is 7.26. The molecule has 0 unspecified atom stereocenters. The molecule has 23 heavy (non-hydrogen) atoms. The van der Waals surface area contributed by atoms with Crippen molar-refractivity contribution >= 4 is 5.91 Å². The van der Waals surface area contributed by atoms with Gasteiger partial charge in [0.15, 0.2) is 11.5 Å². The van der Waals surface area contributed by atoms with Crippen LogP contribution in [0.3, 0.4) is 0 Å². The third-order valence-electron chi connectivity index (χ3n) is 4.26. The first-order valence-corrected chi connectivity index (χ1v) is 8.07. The van der Waals surface area contributed by atoms with Gasteiger partial charge in [0, 0.05) is 19.2 Å². The van der Waals surface area contributed by atoms with Crippen LogP contribution in [0, 0.1) is 5.41 Å². The van der Waals surface area contributed by atoms with Crippen molar-refractivity contribution in [3.63, 3.8) is 0 Å². The molecule has 1 aliphatic rings. The van der Waals surface area contributed by atoms with Gasteiger partial charge in [-0.05, 0) is 18.3 Å². The summed E-state index contributed by atoms with van der Waals surface area (Å²) < 4.78 is 5.24. The van der Waals surface area contributed by atoms with Crippen LogP contribution in [0.5, 0.6) is 0 Å². The molecule has 1 saturated heterocycles. The lowest BCUT2D eigenvalue weighted by atomic mass is 9.87. The summed E-state index contributed by atoms with van der Waals surface area (Å²) in [6.07, 6.45) is 1.30. The Bertz CT molecular complexity index is 516. The molecule has 1 aliphatic heterocycles. The van der Waals surface area contributed by atoms with Gasteiger partial charge in [-0.3, -0.25) is 9.69 Å². The van der Waals surface area contributed by atoms with Crippen LogP contribution < -0.4 is 5.32 Å². The fraction of sp³-hybridized carbons (Fsp3) is 0.750. The molecule has 7 nitrogen and oxygen atoms in total. The summed E-state index contributed by atoms with van der Waals surface area (Å²) >= 11 is 0. The van der Waals surface area contributed by atoms with Crippen molar-refractivity contribution in [1.82, 2.24) is 15.4 Å². The lowest BCUT2D eigenvalue weighted by Gasteiger charge is -2.29. The standard InChI is InChI=1S/C16H27N3O4/c1-16(2,3)14(10-20)17-15(22)13-8-12(23-18-13)9-19-6-4-11(21)5-7-19/h8,11,14,20-21H,4-7,9-10H2,1-3H3,(H,17,22)/t14-/m1/s1. The molecule has 1 aromatic rings. The van der Waals surface area contributed by atoms with E-state index in [-0.39, 0.29) is 35.8 Å². The summed E-state index contributed by atoms with van der Waals surface area (Å²) in [4.78, 5) is 14.4. The summed E-state index contributed by atoms with van der Waals surface area (Å²) in [5.41, 5.74) is -0.0224. The number of rotatable bonds is 5. The number of amides is 1. The van der Waals surface area contributed by atoms with Crippen LogP contribution in [0.15, 0.2) is 10.6 Å². The molecule has 2 rings (SSSR count). The minimum Gasteiger partial charge on any atom is -0.394 e. The highest BCUT2D eigenvalue weighted by atomic mass is 16.5. The molecule has 0 aromatic carbocycles. The molecular weight excluding hydrogens is 298 g/mol. The quantitative estimate of drug-likeness (QED) is 0.739. The predicted octanol–water partition coefficient (Wildman–Crippen LogP) is 0.768. The highest BCUT2D eigenvalue weighted by molar-refractivity contribution is 5.92. The minimum atomic E-state index is -0.348. The largest absolute Gasteiger partial charge is 0.394 e. The molecule has 1 aromatic heterocycles. The minimum absolute atomic E-state index is 0.129. The average molecular weight is 325 g/mol. The number of hydrogen-bond acceptors (Lipinski definition) is 6. The number of aromatic nitrogens is 1. The number of piperidine rings is 1. The molecular formula is C16H27N3O4. The van der Waals surface area contributed by atoms with Crippen LogP contribution in [0.25, 0.3) is 0 Å². The van der Waals surface area contributed by atoms with Gasteiger partial charge in [-0.1, -0.05) is 25.9 Å². The van der Waals surface area contributed by atoms with Gasteiger partial charge in [-0.2, -0.15) is 0 Å². The van der Waals surface area contributed by atoms with Crippen molar-refractivity contribution in [3.8, 4) is 0 Å². The fourth-order valence-electron chi connectivity index (χ4n) is 2.56. The Morgan fingerprint density at radius 3 is 2.70 bits per heavy atom. The maximum atomic E-state index is 12.2. The second kappa shape index (κ2) is 7.42. The molecule has 0 radical (unpaired) electrons. The Labute approximate surface area is 136 Å². The number of carbonyl (C=O) groups is 1. The van der Waals surface area contributed by atoms with E-state index < -0.39 is 0 Å². The molecule has 2 heterocycles. The molecule has 1 amide bonds. The van der Waals surface area contributed by atoms with Crippen molar-refractivity contribution in [2.75, 3.05) is 19.7 Å².